The first-order valence-corrected chi connectivity index (χ1v) is 7.25. The Morgan fingerprint density at radius 3 is 2.78 bits per heavy atom. The van der Waals surface area contributed by atoms with Crippen molar-refractivity contribution in [1.82, 2.24) is 5.32 Å². The standard InChI is InChI=1S/C13H21N3OS/c1-9-8-11(16-14)4-5-12(9)13(17)15-7-6-10(2)18-3/h4-5,8,10,16H,6-7,14H2,1-3H3,(H,15,17). The van der Waals surface area contributed by atoms with Gasteiger partial charge in [-0.15, -0.1) is 0 Å². The van der Waals surface area contributed by atoms with Crippen molar-refractivity contribution >= 4 is 23.4 Å². The summed E-state index contributed by atoms with van der Waals surface area (Å²) in [4.78, 5) is 12.0. The monoisotopic (exact) mass is 267 g/mol. The first-order chi connectivity index (χ1) is 8.58. The molecule has 1 rings (SSSR count). The molecule has 0 saturated carbocycles. The third-order valence-corrected chi connectivity index (χ3v) is 3.92. The van der Waals surface area contributed by atoms with E-state index in [2.05, 4.69) is 23.9 Å². The molecule has 4 N–H and O–H groups in total. The number of nitrogens with two attached hydrogens (primary N) is 1. The molecule has 0 fully saturated rings. The fraction of sp³-hybridized carbons (Fsp3) is 0.462. The van der Waals surface area contributed by atoms with Crippen LogP contribution >= 0.6 is 11.8 Å². The van der Waals surface area contributed by atoms with Crippen LogP contribution in [0.2, 0.25) is 0 Å². The molecule has 0 aliphatic rings. The van der Waals surface area contributed by atoms with Gasteiger partial charge in [0.25, 0.3) is 5.91 Å². The lowest BCUT2D eigenvalue weighted by Gasteiger charge is -2.11. The summed E-state index contributed by atoms with van der Waals surface area (Å²) in [5, 5.41) is 3.50. The molecule has 1 aromatic rings. The van der Waals surface area contributed by atoms with E-state index in [1.54, 1.807) is 23.9 Å². The van der Waals surface area contributed by atoms with E-state index in [1.165, 1.54) is 0 Å². The van der Waals surface area contributed by atoms with Crippen LogP contribution in [0.25, 0.3) is 0 Å². The molecule has 0 aliphatic heterocycles. The quantitative estimate of drug-likeness (QED) is 0.546. The van der Waals surface area contributed by atoms with E-state index in [0.717, 1.165) is 17.7 Å². The van der Waals surface area contributed by atoms with Crippen LogP contribution < -0.4 is 16.6 Å². The lowest BCUT2D eigenvalue weighted by Crippen LogP contribution is -2.26. The van der Waals surface area contributed by atoms with Gasteiger partial charge in [0.05, 0.1) is 0 Å². The fourth-order valence-corrected chi connectivity index (χ4v) is 1.96. The largest absolute Gasteiger partial charge is 0.352 e. The molecule has 0 spiro atoms. The molecular formula is C13H21N3OS. The Kier molecular flexibility index (Phi) is 6.01. The molecule has 1 amide bonds. The zero-order valence-corrected chi connectivity index (χ0v) is 11.9. The number of rotatable bonds is 6. The zero-order chi connectivity index (χ0) is 13.5. The Labute approximate surface area is 113 Å². The number of nitrogens with one attached hydrogen (secondary N) is 2. The molecule has 0 radical (unpaired) electrons. The number of aryl methyl sites for hydroxylation is 1. The molecule has 0 bridgehead atoms. The van der Waals surface area contributed by atoms with Gasteiger partial charge in [-0.05, 0) is 43.4 Å². The summed E-state index contributed by atoms with van der Waals surface area (Å²) in [6, 6.07) is 5.45. The van der Waals surface area contributed by atoms with Gasteiger partial charge in [0.2, 0.25) is 0 Å². The summed E-state index contributed by atoms with van der Waals surface area (Å²) in [6.07, 6.45) is 3.06. The number of hydrogen-bond donors (Lipinski definition) is 3. The summed E-state index contributed by atoms with van der Waals surface area (Å²) in [5.74, 6) is 5.30. The van der Waals surface area contributed by atoms with E-state index < -0.39 is 0 Å². The maximum absolute atomic E-state index is 12.0. The van der Waals surface area contributed by atoms with E-state index in [4.69, 9.17) is 5.84 Å². The van der Waals surface area contributed by atoms with Crippen molar-refractivity contribution in [3.8, 4) is 0 Å². The van der Waals surface area contributed by atoms with E-state index >= 15 is 0 Å². The Morgan fingerprint density at radius 1 is 1.50 bits per heavy atom. The summed E-state index contributed by atoms with van der Waals surface area (Å²) in [5.41, 5.74) is 4.99. The van der Waals surface area contributed by atoms with Crippen molar-refractivity contribution < 1.29 is 4.79 Å². The van der Waals surface area contributed by atoms with Crippen LogP contribution in [0.4, 0.5) is 5.69 Å². The van der Waals surface area contributed by atoms with Crippen molar-refractivity contribution in [3.63, 3.8) is 0 Å². The van der Waals surface area contributed by atoms with E-state index in [1.807, 2.05) is 13.0 Å². The van der Waals surface area contributed by atoms with Crippen molar-refractivity contribution in [2.24, 2.45) is 5.84 Å². The molecule has 18 heavy (non-hydrogen) atoms. The smallest absolute Gasteiger partial charge is 0.251 e. The summed E-state index contributed by atoms with van der Waals surface area (Å²) < 4.78 is 0. The number of anilines is 1. The molecule has 100 valence electrons. The van der Waals surface area contributed by atoms with Gasteiger partial charge in [-0.3, -0.25) is 10.6 Å². The SMILES string of the molecule is CSC(C)CCNC(=O)c1ccc(NN)cc1C. The Hall–Kier alpha value is -1.20. The molecule has 0 aromatic heterocycles. The van der Waals surface area contributed by atoms with Crippen molar-refractivity contribution in [2.75, 3.05) is 18.2 Å². The molecule has 1 atom stereocenters. The van der Waals surface area contributed by atoms with Gasteiger partial charge in [0.1, 0.15) is 0 Å². The highest BCUT2D eigenvalue weighted by molar-refractivity contribution is 7.99. The minimum absolute atomic E-state index is 0.0237. The molecular weight excluding hydrogens is 246 g/mol. The Balaban J connectivity index is 2.56. The number of amides is 1. The van der Waals surface area contributed by atoms with Crippen LogP contribution in [0.5, 0.6) is 0 Å². The van der Waals surface area contributed by atoms with Crippen molar-refractivity contribution in [3.05, 3.63) is 29.3 Å². The lowest BCUT2D eigenvalue weighted by atomic mass is 10.1. The van der Waals surface area contributed by atoms with Crippen LogP contribution in [0, 0.1) is 6.92 Å². The second-order valence-corrected chi connectivity index (χ2v) is 5.54. The normalized spacial score (nSPS) is 12.0. The molecule has 0 aliphatic carbocycles. The predicted molar refractivity (Wildman–Crippen MR) is 78.9 cm³/mol. The first kappa shape index (κ1) is 14.9. The predicted octanol–water partition coefficient (Wildman–Crippen LogP) is 2.15. The second kappa shape index (κ2) is 7.28. The summed E-state index contributed by atoms with van der Waals surface area (Å²) >= 11 is 1.81. The number of benzene rings is 1. The molecule has 1 unspecified atom stereocenters. The second-order valence-electron chi connectivity index (χ2n) is 4.26. The van der Waals surface area contributed by atoms with Crippen LogP contribution in [0.1, 0.15) is 29.3 Å². The number of carbonyl (C=O) groups is 1. The Bertz CT molecular complexity index is 409. The number of carbonyl (C=O) groups excluding carboxylic acids is 1. The fourth-order valence-electron chi connectivity index (χ4n) is 1.61. The average Bonchev–Trinajstić information content (AvgIpc) is 2.37. The minimum Gasteiger partial charge on any atom is -0.352 e. The van der Waals surface area contributed by atoms with Gasteiger partial charge in [-0.1, -0.05) is 6.92 Å². The lowest BCUT2D eigenvalue weighted by molar-refractivity contribution is 0.0953. The number of nitrogen functional groups attached to an aromatic ring is 1. The number of hydrazine groups is 1. The van der Waals surface area contributed by atoms with Gasteiger partial charge >= 0.3 is 0 Å². The minimum atomic E-state index is -0.0237. The molecule has 0 heterocycles. The van der Waals surface area contributed by atoms with Crippen molar-refractivity contribution in [2.45, 2.75) is 25.5 Å². The molecule has 1 aromatic carbocycles. The Morgan fingerprint density at radius 2 is 2.22 bits per heavy atom. The number of thioether (sulfide) groups is 1. The zero-order valence-electron chi connectivity index (χ0n) is 11.1. The van der Waals surface area contributed by atoms with Crippen LogP contribution in [0.15, 0.2) is 18.2 Å². The molecule has 5 heteroatoms. The maximum atomic E-state index is 12.0. The molecule has 4 nitrogen and oxygen atoms in total. The van der Waals surface area contributed by atoms with Gasteiger partial charge in [0.15, 0.2) is 0 Å². The number of hydrogen-bond acceptors (Lipinski definition) is 4. The molecule has 0 saturated heterocycles. The van der Waals surface area contributed by atoms with Gasteiger partial charge in [-0.25, -0.2) is 0 Å². The van der Waals surface area contributed by atoms with Crippen LogP contribution in [-0.4, -0.2) is 24.0 Å². The van der Waals surface area contributed by atoms with Gasteiger partial charge in [-0.2, -0.15) is 11.8 Å². The van der Waals surface area contributed by atoms with E-state index in [-0.39, 0.29) is 5.91 Å². The van der Waals surface area contributed by atoms with Gasteiger partial charge < -0.3 is 10.7 Å². The van der Waals surface area contributed by atoms with E-state index in [0.29, 0.717) is 17.4 Å². The highest BCUT2D eigenvalue weighted by Crippen LogP contribution is 2.14. The maximum Gasteiger partial charge on any atom is 0.251 e. The van der Waals surface area contributed by atoms with Crippen LogP contribution in [-0.2, 0) is 0 Å². The summed E-state index contributed by atoms with van der Waals surface area (Å²) in [7, 11) is 0. The first-order valence-electron chi connectivity index (χ1n) is 5.96. The van der Waals surface area contributed by atoms with E-state index in [9.17, 15) is 4.79 Å². The van der Waals surface area contributed by atoms with Gasteiger partial charge in [0, 0.05) is 23.0 Å². The highest BCUT2D eigenvalue weighted by Gasteiger charge is 2.09. The summed E-state index contributed by atoms with van der Waals surface area (Å²) in [6.45, 7) is 4.77. The highest BCUT2D eigenvalue weighted by atomic mass is 32.2. The third-order valence-electron chi connectivity index (χ3n) is 2.88. The average molecular weight is 267 g/mol. The topological polar surface area (TPSA) is 67.2 Å². The third kappa shape index (κ3) is 4.23. The van der Waals surface area contributed by atoms with Crippen molar-refractivity contribution in [1.29, 1.82) is 0 Å². The van der Waals surface area contributed by atoms with Crippen LogP contribution in [0.3, 0.4) is 0 Å².